The minimum Gasteiger partial charge on any atom is -0.469 e. The highest BCUT2D eigenvalue weighted by molar-refractivity contribution is 6.91. The number of benzene rings is 2. The molecule has 0 heterocycles. The lowest BCUT2D eigenvalue weighted by molar-refractivity contribution is -0.140. The van der Waals surface area contributed by atoms with Gasteiger partial charge in [0.05, 0.1) is 34.8 Å². The standard InChI is InChI=1S/C23H30O3Si/c1-5-20(18-26-17-19-12-8-6-9-13-19)22(16-23(24)25-2)27(3,4)21-14-10-7-11-15-21/h5-15,22H,16-18H2,1-4H3/b20-5+/t22-/m0/s1. The fourth-order valence-corrected chi connectivity index (χ4v) is 6.72. The Kier molecular flexibility index (Phi) is 8.01. The van der Waals surface area contributed by atoms with Crippen molar-refractivity contribution in [3.63, 3.8) is 0 Å². The van der Waals surface area contributed by atoms with Crippen molar-refractivity contribution < 1.29 is 14.3 Å². The SMILES string of the molecule is C/C=C(\COCc1ccccc1)[C@H](CC(=O)OC)[Si](C)(C)c1ccccc1. The molecule has 0 aliphatic heterocycles. The van der Waals surface area contributed by atoms with E-state index in [1.54, 1.807) is 0 Å². The Balaban J connectivity index is 2.18. The van der Waals surface area contributed by atoms with Crippen LogP contribution in [0.2, 0.25) is 18.6 Å². The Morgan fingerprint density at radius 3 is 2.19 bits per heavy atom. The molecule has 0 aromatic heterocycles. The van der Waals surface area contributed by atoms with Gasteiger partial charge in [-0.1, -0.05) is 85.0 Å². The minimum absolute atomic E-state index is 0.133. The summed E-state index contributed by atoms with van der Waals surface area (Å²) in [4.78, 5) is 12.1. The van der Waals surface area contributed by atoms with Gasteiger partial charge in [0.1, 0.15) is 0 Å². The second-order valence-corrected chi connectivity index (χ2v) is 12.0. The van der Waals surface area contributed by atoms with E-state index in [0.29, 0.717) is 19.6 Å². The van der Waals surface area contributed by atoms with Crippen molar-refractivity contribution in [3.05, 3.63) is 77.9 Å². The Morgan fingerprint density at radius 2 is 1.63 bits per heavy atom. The summed E-state index contributed by atoms with van der Waals surface area (Å²) in [7, 11) is -0.494. The van der Waals surface area contributed by atoms with Gasteiger partial charge in [0.25, 0.3) is 0 Å². The predicted molar refractivity (Wildman–Crippen MR) is 114 cm³/mol. The fourth-order valence-electron chi connectivity index (χ4n) is 3.41. The summed E-state index contributed by atoms with van der Waals surface area (Å²) in [6.45, 7) is 7.75. The van der Waals surface area contributed by atoms with Gasteiger partial charge in [-0.2, -0.15) is 0 Å². The van der Waals surface area contributed by atoms with Crippen LogP contribution in [0.5, 0.6) is 0 Å². The molecule has 27 heavy (non-hydrogen) atoms. The number of hydrogen-bond donors (Lipinski definition) is 0. The molecule has 2 aromatic carbocycles. The lowest BCUT2D eigenvalue weighted by Crippen LogP contribution is -2.47. The maximum Gasteiger partial charge on any atom is 0.305 e. The zero-order valence-electron chi connectivity index (χ0n) is 16.8. The van der Waals surface area contributed by atoms with E-state index in [1.165, 1.54) is 17.9 Å². The molecule has 4 heteroatoms. The van der Waals surface area contributed by atoms with Crippen LogP contribution in [0.25, 0.3) is 0 Å². The molecule has 0 aliphatic carbocycles. The smallest absolute Gasteiger partial charge is 0.305 e. The average Bonchev–Trinajstić information content (AvgIpc) is 2.71. The molecule has 0 radical (unpaired) electrons. The maximum atomic E-state index is 12.1. The first kappa shape index (κ1) is 21.1. The second-order valence-electron chi connectivity index (χ2n) is 7.26. The summed E-state index contributed by atoms with van der Waals surface area (Å²) in [5, 5.41) is 1.33. The van der Waals surface area contributed by atoms with E-state index in [4.69, 9.17) is 9.47 Å². The largest absolute Gasteiger partial charge is 0.469 e. The van der Waals surface area contributed by atoms with Crippen LogP contribution >= 0.6 is 0 Å². The highest BCUT2D eigenvalue weighted by Crippen LogP contribution is 2.34. The first-order chi connectivity index (χ1) is 13.0. The molecule has 2 aromatic rings. The van der Waals surface area contributed by atoms with E-state index in [9.17, 15) is 4.79 Å². The normalized spacial score (nSPS) is 13.3. The summed E-state index contributed by atoms with van der Waals surface area (Å²) in [6, 6.07) is 20.7. The maximum absolute atomic E-state index is 12.1. The van der Waals surface area contributed by atoms with E-state index in [1.807, 2.05) is 31.2 Å². The second kappa shape index (κ2) is 10.2. The molecule has 0 bridgehead atoms. The van der Waals surface area contributed by atoms with Crippen molar-refractivity contribution in [2.75, 3.05) is 13.7 Å². The quantitative estimate of drug-likeness (QED) is 0.358. The Labute approximate surface area is 164 Å². The zero-order chi connectivity index (χ0) is 19.7. The average molecular weight is 383 g/mol. The van der Waals surface area contributed by atoms with E-state index < -0.39 is 8.07 Å². The van der Waals surface area contributed by atoms with E-state index in [0.717, 1.165) is 5.56 Å². The van der Waals surface area contributed by atoms with Crippen LogP contribution in [0.15, 0.2) is 72.3 Å². The van der Waals surface area contributed by atoms with Gasteiger partial charge in [0, 0.05) is 0 Å². The van der Waals surface area contributed by atoms with Gasteiger partial charge < -0.3 is 9.47 Å². The van der Waals surface area contributed by atoms with Gasteiger partial charge in [0.15, 0.2) is 0 Å². The molecule has 0 aliphatic rings. The summed E-state index contributed by atoms with van der Waals surface area (Å²) >= 11 is 0. The zero-order valence-corrected chi connectivity index (χ0v) is 17.8. The van der Waals surface area contributed by atoms with Crippen LogP contribution in [-0.4, -0.2) is 27.8 Å². The van der Waals surface area contributed by atoms with Gasteiger partial charge >= 0.3 is 5.97 Å². The van der Waals surface area contributed by atoms with Gasteiger partial charge in [-0.25, -0.2) is 0 Å². The molecule has 0 N–H and O–H groups in total. The molecule has 0 saturated heterocycles. The molecule has 0 saturated carbocycles. The number of esters is 1. The minimum atomic E-state index is -1.95. The van der Waals surface area contributed by atoms with E-state index >= 15 is 0 Å². The number of hydrogen-bond acceptors (Lipinski definition) is 3. The number of carbonyl (C=O) groups excluding carboxylic acids is 1. The lowest BCUT2D eigenvalue weighted by atomic mass is 10.1. The topological polar surface area (TPSA) is 35.5 Å². The molecular weight excluding hydrogens is 352 g/mol. The van der Waals surface area contributed by atoms with Crippen LogP contribution in [0.4, 0.5) is 0 Å². The van der Waals surface area contributed by atoms with Crippen molar-refractivity contribution >= 4 is 19.2 Å². The number of ether oxygens (including phenoxy) is 2. The lowest BCUT2D eigenvalue weighted by Gasteiger charge is -2.34. The summed E-state index contributed by atoms with van der Waals surface area (Å²) in [5.41, 5.74) is 2.46. The Bertz CT molecular complexity index is 739. The number of allylic oxidation sites excluding steroid dienone is 1. The molecule has 0 amide bonds. The highest BCUT2D eigenvalue weighted by Gasteiger charge is 2.37. The van der Waals surface area contributed by atoms with Gasteiger partial charge in [-0.05, 0) is 23.6 Å². The number of methoxy groups -OCH3 is 1. The molecule has 144 valence electrons. The molecular formula is C23H30O3Si. The van der Waals surface area contributed by atoms with Crippen molar-refractivity contribution in [1.29, 1.82) is 0 Å². The highest BCUT2D eigenvalue weighted by atomic mass is 28.3. The van der Waals surface area contributed by atoms with Crippen molar-refractivity contribution in [2.45, 2.75) is 38.6 Å². The third kappa shape index (κ3) is 5.91. The Hall–Kier alpha value is -2.17. The summed E-state index contributed by atoms with van der Waals surface area (Å²) in [5.74, 6) is -0.168. The summed E-state index contributed by atoms with van der Waals surface area (Å²) < 4.78 is 11.0. The monoisotopic (exact) mass is 382 g/mol. The van der Waals surface area contributed by atoms with Gasteiger partial charge in [-0.15, -0.1) is 0 Å². The third-order valence-electron chi connectivity index (χ3n) is 5.19. The Morgan fingerprint density at radius 1 is 1.04 bits per heavy atom. The van der Waals surface area contributed by atoms with Crippen LogP contribution < -0.4 is 5.19 Å². The predicted octanol–water partition coefficient (Wildman–Crippen LogP) is 4.70. The third-order valence-corrected chi connectivity index (χ3v) is 9.32. The van der Waals surface area contributed by atoms with Crippen molar-refractivity contribution in [3.8, 4) is 0 Å². The van der Waals surface area contributed by atoms with Crippen LogP contribution in [0.1, 0.15) is 18.9 Å². The number of rotatable bonds is 9. The molecule has 3 nitrogen and oxygen atoms in total. The van der Waals surface area contributed by atoms with Gasteiger partial charge in [-0.3, -0.25) is 4.79 Å². The molecule has 0 spiro atoms. The number of carbonyl (C=O) groups is 1. The van der Waals surface area contributed by atoms with E-state index in [2.05, 4.69) is 55.6 Å². The molecule has 0 unspecified atom stereocenters. The molecule has 1 atom stereocenters. The molecule has 0 fully saturated rings. The van der Waals surface area contributed by atoms with Crippen LogP contribution in [-0.2, 0) is 20.9 Å². The molecule has 2 rings (SSSR count). The summed E-state index contributed by atoms with van der Waals surface area (Å²) in [6.07, 6.45) is 2.50. The fraction of sp³-hybridized carbons (Fsp3) is 0.348. The van der Waals surface area contributed by atoms with Gasteiger partial charge in [0.2, 0.25) is 0 Å². The first-order valence-corrected chi connectivity index (χ1v) is 12.5. The van der Waals surface area contributed by atoms with Crippen molar-refractivity contribution in [1.82, 2.24) is 0 Å². The van der Waals surface area contributed by atoms with Crippen LogP contribution in [0.3, 0.4) is 0 Å². The van der Waals surface area contributed by atoms with Crippen LogP contribution in [0, 0.1) is 0 Å². The first-order valence-electron chi connectivity index (χ1n) is 9.38. The van der Waals surface area contributed by atoms with Crippen molar-refractivity contribution in [2.24, 2.45) is 0 Å². The van der Waals surface area contributed by atoms with E-state index in [-0.39, 0.29) is 11.5 Å².